The zero-order valence-corrected chi connectivity index (χ0v) is 15.1. The number of aromatic nitrogens is 3. The SMILES string of the molecule is CCOc1ccc2nc(C(=O)NC(CC)c3ccc(OC)cc3)cn2n1. The lowest BCUT2D eigenvalue weighted by Crippen LogP contribution is -2.28. The highest BCUT2D eigenvalue weighted by molar-refractivity contribution is 5.93. The van der Waals surface area contributed by atoms with Crippen molar-refractivity contribution in [2.45, 2.75) is 26.3 Å². The van der Waals surface area contributed by atoms with Crippen molar-refractivity contribution in [1.29, 1.82) is 0 Å². The van der Waals surface area contributed by atoms with Gasteiger partial charge in [-0.05, 0) is 37.1 Å². The van der Waals surface area contributed by atoms with Gasteiger partial charge in [-0.1, -0.05) is 19.1 Å². The molecule has 1 aromatic carbocycles. The van der Waals surface area contributed by atoms with Gasteiger partial charge in [0.15, 0.2) is 5.65 Å². The molecule has 0 fully saturated rings. The van der Waals surface area contributed by atoms with Crippen LogP contribution in [0, 0.1) is 0 Å². The number of carbonyl (C=O) groups is 1. The van der Waals surface area contributed by atoms with Crippen molar-refractivity contribution in [2.75, 3.05) is 13.7 Å². The second-order valence-corrected chi connectivity index (χ2v) is 5.74. The molecule has 7 heteroatoms. The number of hydrogen-bond acceptors (Lipinski definition) is 5. The molecule has 0 radical (unpaired) electrons. The van der Waals surface area contributed by atoms with E-state index in [-0.39, 0.29) is 11.9 Å². The Morgan fingerprint density at radius 1 is 1.19 bits per heavy atom. The van der Waals surface area contributed by atoms with Crippen molar-refractivity contribution in [3.05, 3.63) is 53.9 Å². The largest absolute Gasteiger partial charge is 0.497 e. The molecule has 0 saturated carbocycles. The number of amides is 1. The number of ether oxygens (including phenoxy) is 2. The smallest absolute Gasteiger partial charge is 0.272 e. The molecule has 0 aliphatic carbocycles. The van der Waals surface area contributed by atoms with E-state index >= 15 is 0 Å². The lowest BCUT2D eigenvalue weighted by atomic mass is 10.0. The van der Waals surface area contributed by atoms with Crippen molar-refractivity contribution in [2.24, 2.45) is 0 Å². The molecule has 1 unspecified atom stereocenters. The number of nitrogens with zero attached hydrogens (tertiary/aromatic N) is 3. The summed E-state index contributed by atoms with van der Waals surface area (Å²) in [4.78, 5) is 17.0. The minimum absolute atomic E-state index is 0.106. The van der Waals surface area contributed by atoms with Crippen molar-refractivity contribution in [3.63, 3.8) is 0 Å². The monoisotopic (exact) mass is 354 g/mol. The van der Waals surface area contributed by atoms with Crippen LogP contribution in [0.3, 0.4) is 0 Å². The fourth-order valence-corrected chi connectivity index (χ4v) is 2.69. The number of hydrogen-bond donors (Lipinski definition) is 1. The molecule has 1 amide bonds. The Bertz CT molecular complexity index is 889. The van der Waals surface area contributed by atoms with Gasteiger partial charge in [-0.25, -0.2) is 9.50 Å². The molecule has 0 saturated heterocycles. The third-order valence-electron chi connectivity index (χ3n) is 4.05. The van der Waals surface area contributed by atoms with Crippen LogP contribution in [0.25, 0.3) is 5.65 Å². The van der Waals surface area contributed by atoms with E-state index in [4.69, 9.17) is 9.47 Å². The molecule has 26 heavy (non-hydrogen) atoms. The number of nitrogens with one attached hydrogen (secondary N) is 1. The minimum atomic E-state index is -0.240. The lowest BCUT2D eigenvalue weighted by Gasteiger charge is -2.17. The van der Waals surface area contributed by atoms with Gasteiger partial charge < -0.3 is 14.8 Å². The van der Waals surface area contributed by atoms with Crippen LogP contribution in [0.1, 0.15) is 42.4 Å². The summed E-state index contributed by atoms with van der Waals surface area (Å²) in [5.74, 6) is 1.04. The molecular formula is C19H22N4O3. The van der Waals surface area contributed by atoms with Crippen LogP contribution in [0.2, 0.25) is 0 Å². The highest BCUT2D eigenvalue weighted by Crippen LogP contribution is 2.20. The third kappa shape index (κ3) is 3.77. The van der Waals surface area contributed by atoms with Crippen LogP contribution in [0.4, 0.5) is 0 Å². The third-order valence-corrected chi connectivity index (χ3v) is 4.05. The summed E-state index contributed by atoms with van der Waals surface area (Å²) in [6.45, 7) is 4.44. The van der Waals surface area contributed by atoms with Crippen LogP contribution in [-0.4, -0.2) is 34.2 Å². The van der Waals surface area contributed by atoms with Crippen molar-refractivity contribution in [3.8, 4) is 11.6 Å². The topological polar surface area (TPSA) is 77.8 Å². The summed E-state index contributed by atoms with van der Waals surface area (Å²) in [5.41, 5.74) is 1.93. The molecule has 2 heterocycles. The van der Waals surface area contributed by atoms with E-state index in [9.17, 15) is 4.79 Å². The molecule has 0 bridgehead atoms. The van der Waals surface area contributed by atoms with E-state index in [0.29, 0.717) is 23.8 Å². The second kappa shape index (κ2) is 7.86. The average molecular weight is 354 g/mol. The highest BCUT2D eigenvalue weighted by Gasteiger charge is 2.17. The Morgan fingerprint density at radius 2 is 1.96 bits per heavy atom. The van der Waals surface area contributed by atoms with Gasteiger partial charge in [0.2, 0.25) is 5.88 Å². The maximum atomic E-state index is 12.6. The summed E-state index contributed by atoms with van der Waals surface area (Å²) < 4.78 is 12.1. The number of rotatable bonds is 7. The van der Waals surface area contributed by atoms with Crippen molar-refractivity contribution in [1.82, 2.24) is 19.9 Å². The highest BCUT2D eigenvalue weighted by atomic mass is 16.5. The number of methoxy groups -OCH3 is 1. The number of imidazole rings is 1. The maximum absolute atomic E-state index is 12.6. The van der Waals surface area contributed by atoms with Gasteiger partial charge >= 0.3 is 0 Å². The summed E-state index contributed by atoms with van der Waals surface area (Å²) in [7, 11) is 1.63. The molecule has 7 nitrogen and oxygen atoms in total. The van der Waals surface area contributed by atoms with Crippen LogP contribution < -0.4 is 14.8 Å². The van der Waals surface area contributed by atoms with E-state index in [2.05, 4.69) is 15.4 Å². The number of carbonyl (C=O) groups excluding carboxylic acids is 1. The maximum Gasteiger partial charge on any atom is 0.272 e. The van der Waals surface area contributed by atoms with Crippen LogP contribution in [-0.2, 0) is 0 Å². The number of benzene rings is 1. The van der Waals surface area contributed by atoms with Gasteiger partial charge in [0.05, 0.1) is 26.0 Å². The molecule has 3 aromatic rings. The van der Waals surface area contributed by atoms with Gasteiger partial charge in [0, 0.05) is 6.07 Å². The first kappa shape index (κ1) is 17.7. The molecule has 0 aliphatic rings. The van der Waals surface area contributed by atoms with Crippen molar-refractivity contribution < 1.29 is 14.3 Å². The summed E-state index contributed by atoms with van der Waals surface area (Å²) in [6.07, 6.45) is 2.37. The standard InChI is InChI=1S/C19H22N4O3/c1-4-15(13-6-8-14(25-3)9-7-13)21-19(24)16-12-23-17(20-16)10-11-18(22-23)26-5-2/h6-12,15H,4-5H2,1-3H3,(H,21,24). The zero-order chi connectivity index (χ0) is 18.5. The van der Waals surface area contributed by atoms with E-state index in [1.807, 2.05) is 38.1 Å². The van der Waals surface area contributed by atoms with Gasteiger partial charge in [-0.2, -0.15) is 0 Å². The Balaban J connectivity index is 1.77. The lowest BCUT2D eigenvalue weighted by molar-refractivity contribution is 0.0931. The van der Waals surface area contributed by atoms with Gasteiger partial charge in [0.25, 0.3) is 5.91 Å². The van der Waals surface area contributed by atoms with E-state index in [1.54, 1.807) is 30.0 Å². The molecule has 3 rings (SSSR count). The first-order valence-corrected chi connectivity index (χ1v) is 8.58. The van der Waals surface area contributed by atoms with E-state index < -0.39 is 0 Å². The molecule has 1 atom stereocenters. The molecule has 0 aliphatic heterocycles. The second-order valence-electron chi connectivity index (χ2n) is 5.74. The first-order valence-electron chi connectivity index (χ1n) is 8.58. The van der Waals surface area contributed by atoms with Gasteiger partial charge in [0.1, 0.15) is 11.4 Å². The van der Waals surface area contributed by atoms with E-state index in [1.165, 1.54) is 0 Å². The molecule has 1 N–H and O–H groups in total. The normalized spacial score (nSPS) is 12.0. The average Bonchev–Trinajstić information content (AvgIpc) is 3.10. The first-order chi connectivity index (χ1) is 12.6. The Labute approximate surface area is 152 Å². The Kier molecular flexibility index (Phi) is 5.36. The van der Waals surface area contributed by atoms with Gasteiger partial charge in [-0.15, -0.1) is 5.10 Å². The fraction of sp³-hybridized carbons (Fsp3) is 0.316. The predicted molar refractivity (Wildman–Crippen MR) is 97.6 cm³/mol. The molecule has 2 aromatic heterocycles. The fourth-order valence-electron chi connectivity index (χ4n) is 2.69. The summed E-state index contributed by atoms with van der Waals surface area (Å²) >= 11 is 0. The molecule has 136 valence electrons. The van der Waals surface area contributed by atoms with Gasteiger partial charge in [-0.3, -0.25) is 4.79 Å². The van der Waals surface area contributed by atoms with Crippen LogP contribution in [0.15, 0.2) is 42.6 Å². The van der Waals surface area contributed by atoms with Crippen molar-refractivity contribution >= 4 is 11.6 Å². The number of fused-ring (bicyclic) bond motifs is 1. The Hall–Kier alpha value is -3.09. The van der Waals surface area contributed by atoms with Crippen LogP contribution >= 0.6 is 0 Å². The molecule has 0 spiro atoms. The Morgan fingerprint density at radius 3 is 2.62 bits per heavy atom. The summed E-state index contributed by atoms with van der Waals surface area (Å²) in [5, 5.41) is 7.31. The summed E-state index contributed by atoms with van der Waals surface area (Å²) in [6, 6.07) is 11.1. The van der Waals surface area contributed by atoms with Crippen LogP contribution in [0.5, 0.6) is 11.6 Å². The quantitative estimate of drug-likeness (QED) is 0.706. The minimum Gasteiger partial charge on any atom is -0.497 e. The van der Waals surface area contributed by atoms with E-state index in [0.717, 1.165) is 17.7 Å². The zero-order valence-electron chi connectivity index (χ0n) is 15.1. The predicted octanol–water partition coefficient (Wildman–Crippen LogP) is 3.02. The molecular weight excluding hydrogens is 332 g/mol.